The molecule has 23 heavy (non-hydrogen) atoms. The van der Waals surface area contributed by atoms with E-state index in [0.717, 1.165) is 6.07 Å². The van der Waals surface area contributed by atoms with Crippen LogP contribution in [0.15, 0.2) is 42.5 Å². The first kappa shape index (κ1) is 17.2. The lowest BCUT2D eigenvalue weighted by Crippen LogP contribution is -2.52. The molecule has 0 saturated carbocycles. The van der Waals surface area contributed by atoms with E-state index in [0.29, 0.717) is 5.56 Å². The minimum Gasteiger partial charge on any atom is -0.504 e. The van der Waals surface area contributed by atoms with Crippen molar-refractivity contribution in [3.63, 3.8) is 0 Å². The smallest absolute Gasteiger partial charge is 0.324 e. The van der Waals surface area contributed by atoms with Crippen molar-refractivity contribution in [2.75, 3.05) is 7.11 Å². The fourth-order valence-electron chi connectivity index (χ4n) is 2.54. The summed E-state index contributed by atoms with van der Waals surface area (Å²) in [7, 11) is 1.27. The molecule has 0 saturated heterocycles. The van der Waals surface area contributed by atoms with Crippen LogP contribution in [0.1, 0.15) is 11.1 Å². The van der Waals surface area contributed by atoms with E-state index in [1.54, 1.807) is 30.3 Å². The second-order valence-electron chi connectivity index (χ2n) is 4.88. The fourth-order valence-corrected chi connectivity index (χ4v) is 2.84. The van der Waals surface area contributed by atoms with Gasteiger partial charge in [-0.25, -0.2) is 4.39 Å². The van der Waals surface area contributed by atoms with Crippen LogP contribution in [0.4, 0.5) is 4.39 Å². The Bertz CT molecular complexity index is 726. The molecule has 2 aromatic carbocycles. The summed E-state index contributed by atoms with van der Waals surface area (Å²) in [6.45, 7) is 0. The van der Waals surface area contributed by atoms with Crippen LogP contribution in [-0.2, 0) is 15.1 Å². The first-order valence-corrected chi connectivity index (χ1v) is 7.00. The van der Waals surface area contributed by atoms with Gasteiger partial charge in [0, 0.05) is 12.7 Å². The van der Waals surface area contributed by atoms with Crippen LogP contribution in [0.3, 0.4) is 0 Å². The highest BCUT2D eigenvalue weighted by Crippen LogP contribution is 2.43. The first-order valence-electron chi connectivity index (χ1n) is 6.62. The van der Waals surface area contributed by atoms with Gasteiger partial charge < -0.3 is 20.7 Å². The van der Waals surface area contributed by atoms with E-state index in [2.05, 4.69) is 0 Å². The van der Waals surface area contributed by atoms with E-state index < -0.39 is 29.2 Å². The number of nitrogens with two attached hydrogens (primary N) is 1. The average molecular weight is 340 g/mol. The summed E-state index contributed by atoms with van der Waals surface area (Å²) < 4.78 is 19.0. The maximum atomic E-state index is 13.5. The maximum Gasteiger partial charge on any atom is 0.324 e. The molecule has 1 unspecified atom stereocenters. The fraction of sp³-hybridized carbons (Fsp3) is 0.188. The largest absolute Gasteiger partial charge is 0.504 e. The molecule has 2 rings (SSSR count). The standard InChI is InChI=1S/C16H15ClFNO4/c1-23-16(14(19)15(21)22,9-5-3-2-4-6-9)10-7-8-11(18)13(20)12(10)17/h2-8,14,20H,19H2,1H3,(H,21,22)/t14-,16?/m0/s1. The Morgan fingerprint density at radius 3 is 2.43 bits per heavy atom. The van der Waals surface area contributed by atoms with Gasteiger partial charge in [0.1, 0.15) is 11.6 Å². The summed E-state index contributed by atoms with van der Waals surface area (Å²) in [6, 6.07) is 8.99. The van der Waals surface area contributed by atoms with Crippen LogP contribution < -0.4 is 5.73 Å². The van der Waals surface area contributed by atoms with Gasteiger partial charge in [-0.1, -0.05) is 48.0 Å². The Morgan fingerprint density at radius 2 is 1.91 bits per heavy atom. The normalized spacial score (nSPS) is 15.0. The Kier molecular flexibility index (Phi) is 4.89. The highest BCUT2D eigenvalue weighted by molar-refractivity contribution is 6.33. The van der Waals surface area contributed by atoms with Crippen molar-refractivity contribution in [3.8, 4) is 5.75 Å². The second-order valence-corrected chi connectivity index (χ2v) is 5.26. The van der Waals surface area contributed by atoms with Crippen molar-refractivity contribution in [2.45, 2.75) is 11.6 Å². The number of carbonyl (C=O) groups is 1. The molecule has 0 bridgehead atoms. The van der Waals surface area contributed by atoms with E-state index in [-0.39, 0.29) is 10.6 Å². The molecule has 5 nitrogen and oxygen atoms in total. The summed E-state index contributed by atoms with van der Waals surface area (Å²) >= 11 is 6.04. The summed E-state index contributed by atoms with van der Waals surface area (Å²) in [5.41, 5.74) is 4.63. The van der Waals surface area contributed by atoms with Gasteiger partial charge in [-0.15, -0.1) is 0 Å². The number of phenolic OH excluding ortho intramolecular Hbond substituents is 1. The summed E-state index contributed by atoms with van der Waals surface area (Å²) in [5, 5.41) is 18.8. The van der Waals surface area contributed by atoms with Crippen molar-refractivity contribution in [1.29, 1.82) is 0 Å². The molecule has 0 amide bonds. The summed E-state index contributed by atoms with van der Waals surface area (Å²) in [6.07, 6.45) is 0. The molecule has 0 aliphatic rings. The number of rotatable bonds is 5. The van der Waals surface area contributed by atoms with E-state index in [4.69, 9.17) is 22.1 Å². The van der Waals surface area contributed by atoms with Crippen molar-refractivity contribution < 1.29 is 24.1 Å². The zero-order valence-corrected chi connectivity index (χ0v) is 12.9. The molecule has 0 aliphatic carbocycles. The number of methoxy groups -OCH3 is 1. The number of aromatic hydroxyl groups is 1. The second kappa shape index (κ2) is 6.54. The monoisotopic (exact) mass is 339 g/mol. The molecule has 0 radical (unpaired) electrons. The average Bonchev–Trinajstić information content (AvgIpc) is 2.56. The lowest BCUT2D eigenvalue weighted by Gasteiger charge is -2.37. The lowest BCUT2D eigenvalue weighted by atomic mass is 9.80. The summed E-state index contributed by atoms with van der Waals surface area (Å²) in [4.78, 5) is 11.5. The van der Waals surface area contributed by atoms with E-state index in [9.17, 15) is 19.4 Å². The first-order chi connectivity index (χ1) is 10.9. The van der Waals surface area contributed by atoms with Gasteiger partial charge in [0.05, 0.1) is 5.02 Å². The number of ether oxygens (including phenoxy) is 1. The number of aliphatic carboxylic acids is 1. The lowest BCUT2D eigenvalue weighted by molar-refractivity contribution is -0.145. The van der Waals surface area contributed by atoms with Crippen LogP contribution in [0, 0.1) is 5.82 Å². The minimum atomic E-state index is -1.70. The molecule has 0 spiro atoms. The number of halogens is 2. The maximum absolute atomic E-state index is 13.5. The molecule has 4 N–H and O–H groups in total. The molecule has 2 aromatic rings. The third-order valence-electron chi connectivity index (χ3n) is 3.70. The Labute approximate surface area is 137 Å². The topological polar surface area (TPSA) is 92.8 Å². The van der Waals surface area contributed by atoms with Crippen LogP contribution in [0.2, 0.25) is 5.02 Å². The zero-order chi connectivity index (χ0) is 17.2. The molecule has 0 aromatic heterocycles. The highest BCUT2D eigenvalue weighted by Gasteiger charge is 2.46. The van der Waals surface area contributed by atoms with Gasteiger partial charge in [-0.3, -0.25) is 4.79 Å². The molecule has 0 heterocycles. The number of hydrogen-bond donors (Lipinski definition) is 3. The van der Waals surface area contributed by atoms with Crippen molar-refractivity contribution >= 4 is 17.6 Å². The molecular weight excluding hydrogens is 325 g/mol. The van der Waals surface area contributed by atoms with Crippen LogP contribution in [0.25, 0.3) is 0 Å². The molecule has 2 atom stereocenters. The molecule has 122 valence electrons. The van der Waals surface area contributed by atoms with Crippen LogP contribution >= 0.6 is 11.6 Å². The Hall–Kier alpha value is -2.15. The van der Waals surface area contributed by atoms with E-state index >= 15 is 0 Å². The number of benzene rings is 2. The number of hydrogen-bond acceptors (Lipinski definition) is 4. The van der Waals surface area contributed by atoms with Gasteiger partial charge in [0.25, 0.3) is 0 Å². The number of carboxylic acids is 1. The van der Waals surface area contributed by atoms with Gasteiger partial charge in [-0.2, -0.15) is 0 Å². The molecule has 0 aliphatic heterocycles. The van der Waals surface area contributed by atoms with Gasteiger partial charge >= 0.3 is 5.97 Å². The number of phenols is 1. The van der Waals surface area contributed by atoms with E-state index in [1.807, 2.05) is 0 Å². The van der Waals surface area contributed by atoms with Gasteiger partial charge in [0.15, 0.2) is 11.6 Å². The molecular formula is C16H15ClFNO4. The molecule has 7 heteroatoms. The van der Waals surface area contributed by atoms with E-state index in [1.165, 1.54) is 13.2 Å². The van der Waals surface area contributed by atoms with Crippen LogP contribution in [0.5, 0.6) is 5.75 Å². The predicted octanol–water partition coefficient (Wildman–Crippen LogP) is 2.49. The summed E-state index contributed by atoms with van der Waals surface area (Å²) in [5.74, 6) is -3.06. The SMILES string of the molecule is COC(c1ccccc1)(c1ccc(F)c(O)c1Cl)[C@@H](N)C(=O)O. The third-order valence-corrected chi connectivity index (χ3v) is 4.08. The van der Waals surface area contributed by atoms with Crippen LogP contribution in [-0.4, -0.2) is 29.3 Å². The quantitative estimate of drug-likeness (QED) is 0.778. The highest BCUT2D eigenvalue weighted by atomic mass is 35.5. The third kappa shape index (κ3) is 2.76. The Balaban J connectivity index is 2.83. The van der Waals surface area contributed by atoms with Crippen molar-refractivity contribution in [1.82, 2.24) is 0 Å². The number of carboxylic acid groups (broad SMARTS) is 1. The van der Waals surface area contributed by atoms with Gasteiger partial charge in [-0.05, 0) is 11.6 Å². The zero-order valence-electron chi connectivity index (χ0n) is 12.2. The van der Waals surface area contributed by atoms with Crippen molar-refractivity contribution in [3.05, 3.63) is 64.4 Å². The van der Waals surface area contributed by atoms with Gasteiger partial charge in [0.2, 0.25) is 0 Å². The molecule has 0 fully saturated rings. The Morgan fingerprint density at radius 1 is 1.30 bits per heavy atom. The predicted molar refractivity (Wildman–Crippen MR) is 82.9 cm³/mol. The van der Waals surface area contributed by atoms with Crippen molar-refractivity contribution in [2.24, 2.45) is 5.73 Å². The minimum absolute atomic E-state index is 0.0571.